The summed E-state index contributed by atoms with van der Waals surface area (Å²) >= 11 is 0. The van der Waals surface area contributed by atoms with Crippen LogP contribution < -0.4 is 0 Å². The van der Waals surface area contributed by atoms with E-state index in [1.807, 2.05) is 18.3 Å². The quantitative estimate of drug-likeness (QED) is 0.521. The molecule has 3 nitrogen and oxygen atoms in total. The molecule has 0 saturated carbocycles. The summed E-state index contributed by atoms with van der Waals surface area (Å²) in [5.74, 6) is 0.293. The molecule has 2 heterocycles. The van der Waals surface area contributed by atoms with E-state index >= 15 is 0 Å². The van der Waals surface area contributed by atoms with Crippen molar-refractivity contribution in [3.05, 3.63) is 59.8 Å². The number of hydrogen-bond acceptors (Lipinski definition) is 2. The van der Waals surface area contributed by atoms with Gasteiger partial charge in [0.05, 0.1) is 16.7 Å². The van der Waals surface area contributed by atoms with Gasteiger partial charge in [0.15, 0.2) is 0 Å². The molecule has 0 atom stereocenters. The topological polar surface area (TPSA) is 48.9 Å². The molecule has 0 unspecified atom stereocenters. The number of aromatic hydroxyl groups is 1. The lowest BCUT2D eigenvalue weighted by molar-refractivity contribution is 0.475. The number of phenolic OH excluding ortho intramolecular Hbond substituents is 1. The highest BCUT2D eigenvalue weighted by Gasteiger charge is 2.20. The van der Waals surface area contributed by atoms with Crippen molar-refractivity contribution >= 4 is 21.8 Å². The number of aromatic amines is 1. The maximum atomic E-state index is 9.58. The van der Waals surface area contributed by atoms with Crippen molar-refractivity contribution in [3.8, 4) is 17.0 Å². The molecule has 1 aliphatic rings. The lowest BCUT2D eigenvalue weighted by Gasteiger charge is -2.21. The summed E-state index contributed by atoms with van der Waals surface area (Å²) in [6, 6.07) is 13.8. The number of rotatable bonds is 1. The third kappa shape index (κ3) is 1.94. The number of nitrogens with one attached hydrogen (secondary N) is 1. The maximum absolute atomic E-state index is 9.58. The van der Waals surface area contributed by atoms with Crippen molar-refractivity contribution in [2.45, 2.75) is 25.7 Å². The molecule has 2 aromatic heterocycles. The second-order valence-corrected chi connectivity index (χ2v) is 6.57. The highest BCUT2D eigenvalue weighted by Crippen LogP contribution is 2.37. The van der Waals surface area contributed by atoms with Gasteiger partial charge in [0, 0.05) is 22.5 Å². The molecule has 2 aromatic carbocycles. The molecule has 0 fully saturated rings. The van der Waals surface area contributed by atoms with E-state index in [2.05, 4.69) is 23.2 Å². The normalized spacial score (nSPS) is 14.2. The largest absolute Gasteiger partial charge is 0.508 e. The Morgan fingerprint density at radius 1 is 0.875 bits per heavy atom. The third-order valence-corrected chi connectivity index (χ3v) is 5.13. The Morgan fingerprint density at radius 2 is 1.67 bits per heavy atom. The minimum absolute atomic E-state index is 0.293. The zero-order chi connectivity index (χ0) is 16.1. The van der Waals surface area contributed by atoms with Gasteiger partial charge < -0.3 is 10.1 Å². The summed E-state index contributed by atoms with van der Waals surface area (Å²) in [5, 5.41) is 12.1. The molecule has 0 aliphatic heterocycles. The number of aromatic nitrogens is 2. The third-order valence-electron chi connectivity index (χ3n) is 5.13. The lowest BCUT2D eigenvalue weighted by atomic mass is 9.86. The number of fused-ring (bicyclic) bond motifs is 5. The van der Waals surface area contributed by atoms with Crippen LogP contribution in [0, 0.1) is 0 Å². The number of benzene rings is 2. The summed E-state index contributed by atoms with van der Waals surface area (Å²) in [6.07, 6.45) is 6.64. The monoisotopic (exact) mass is 314 g/mol. The number of phenols is 1. The minimum atomic E-state index is 0.293. The second-order valence-electron chi connectivity index (χ2n) is 6.57. The summed E-state index contributed by atoms with van der Waals surface area (Å²) < 4.78 is 0. The first kappa shape index (κ1) is 13.6. The highest BCUT2D eigenvalue weighted by atomic mass is 16.3. The molecule has 1 aliphatic carbocycles. The summed E-state index contributed by atoms with van der Waals surface area (Å²) in [5.41, 5.74) is 7.23. The average Bonchev–Trinajstić information content (AvgIpc) is 3.10. The van der Waals surface area contributed by atoms with Gasteiger partial charge in [0.25, 0.3) is 0 Å². The number of pyridine rings is 1. The molecule has 2 N–H and O–H groups in total. The molecular formula is C21H18N2O. The van der Waals surface area contributed by atoms with Crippen molar-refractivity contribution in [1.82, 2.24) is 9.97 Å². The molecule has 0 amide bonds. The van der Waals surface area contributed by atoms with Gasteiger partial charge >= 0.3 is 0 Å². The molecule has 0 spiro atoms. The molecule has 0 saturated heterocycles. The van der Waals surface area contributed by atoms with E-state index in [4.69, 9.17) is 4.98 Å². The van der Waals surface area contributed by atoms with Crippen molar-refractivity contribution < 1.29 is 5.11 Å². The molecular weight excluding hydrogens is 296 g/mol. The van der Waals surface area contributed by atoms with Gasteiger partial charge in [-0.2, -0.15) is 0 Å². The zero-order valence-corrected chi connectivity index (χ0v) is 13.3. The van der Waals surface area contributed by atoms with Crippen LogP contribution >= 0.6 is 0 Å². The molecule has 3 heteroatoms. The van der Waals surface area contributed by atoms with Gasteiger partial charge in [-0.25, -0.2) is 4.98 Å². The van der Waals surface area contributed by atoms with E-state index in [0.29, 0.717) is 5.75 Å². The standard InChI is InChI=1S/C21H18N2O/c24-15-8-5-13(6-9-15)20-17-4-2-1-3-16(17)19-18(23-20)10-7-14-11-12-22-21(14)19/h5-12,22,24H,1-4H2. The smallest absolute Gasteiger partial charge is 0.115 e. The molecule has 118 valence electrons. The average molecular weight is 314 g/mol. The van der Waals surface area contributed by atoms with Gasteiger partial charge in [0.2, 0.25) is 0 Å². The van der Waals surface area contributed by atoms with E-state index in [-0.39, 0.29) is 0 Å². The first-order chi connectivity index (χ1) is 11.8. The predicted octanol–water partition coefficient (Wildman–Crippen LogP) is 4.97. The van der Waals surface area contributed by atoms with Gasteiger partial charge in [-0.1, -0.05) is 6.07 Å². The maximum Gasteiger partial charge on any atom is 0.115 e. The number of H-pyrrole nitrogens is 1. The summed E-state index contributed by atoms with van der Waals surface area (Å²) in [6.45, 7) is 0. The Balaban J connectivity index is 1.88. The Kier molecular flexibility index (Phi) is 2.89. The van der Waals surface area contributed by atoms with Crippen LogP contribution in [0.4, 0.5) is 0 Å². The zero-order valence-electron chi connectivity index (χ0n) is 13.3. The number of aryl methyl sites for hydroxylation is 1. The number of hydrogen-bond donors (Lipinski definition) is 2. The first-order valence-corrected chi connectivity index (χ1v) is 8.52. The van der Waals surface area contributed by atoms with Crippen LogP contribution in [0.5, 0.6) is 5.75 Å². The van der Waals surface area contributed by atoms with Crippen molar-refractivity contribution in [2.75, 3.05) is 0 Å². The fourth-order valence-corrected chi connectivity index (χ4v) is 4.00. The molecule has 24 heavy (non-hydrogen) atoms. The van der Waals surface area contributed by atoms with Crippen LogP contribution in [-0.2, 0) is 12.8 Å². The van der Waals surface area contributed by atoms with Crippen LogP contribution in [0.3, 0.4) is 0 Å². The van der Waals surface area contributed by atoms with E-state index in [0.717, 1.165) is 29.6 Å². The molecule has 4 aromatic rings. The van der Waals surface area contributed by atoms with Gasteiger partial charge in [0.1, 0.15) is 5.75 Å². The van der Waals surface area contributed by atoms with Crippen LogP contribution in [0.15, 0.2) is 48.7 Å². The van der Waals surface area contributed by atoms with E-state index in [1.165, 1.54) is 40.3 Å². The predicted molar refractivity (Wildman–Crippen MR) is 97.3 cm³/mol. The molecule has 0 radical (unpaired) electrons. The lowest BCUT2D eigenvalue weighted by Crippen LogP contribution is -2.08. The van der Waals surface area contributed by atoms with Crippen molar-refractivity contribution in [3.63, 3.8) is 0 Å². The van der Waals surface area contributed by atoms with Crippen molar-refractivity contribution in [1.29, 1.82) is 0 Å². The van der Waals surface area contributed by atoms with Crippen LogP contribution in [-0.4, -0.2) is 15.1 Å². The summed E-state index contributed by atoms with van der Waals surface area (Å²) in [7, 11) is 0. The SMILES string of the molecule is Oc1ccc(-c2nc3ccc4cc[nH]c4c3c3c2CCCC3)cc1. The van der Waals surface area contributed by atoms with Gasteiger partial charge in [-0.05, 0) is 73.2 Å². The van der Waals surface area contributed by atoms with Crippen LogP contribution in [0.1, 0.15) is 24.0 Å². The highest BCUT2D eigenvalue weighted by molar-refractivity contribution is 6.07. The Morgan fingerprint density at radius 3 is 2.50 bits per heavy atom. The minimum Gasteiger partial charge on any atom is -0.508 e. The first-order valence-electron chi connectivity index (χ1n) is 8.52. The van der Waals surface area contributed by atoms with E-state index in [1.54, 1.807) is 12.1 Å². The molecule has 5 rings (SSSR count). The Hall–Kier alpha value is -2.81. The van der Waals surface area contributed by atoms with Gasteiger partial charge in [-0.3, -0.25) is 0 Å². The van der Waals surface area contributed by atoms with Crippen LogP contribution in [0.25, 0.3) is 33.1 Å². The molecule has 0 bridgehead atoms. The fourth-order valence-electron chi connectivity index (χ4n) is 4.00. The Bertz CT molecular complexity index is 1060. The van der Waals surface area contributed by atoms with E-state index < -0.39 is 0 Å². The van der Waals surface area contributed by atoms with E-state index in [9.17, 15) is 5.11 Å². The second kappa shape index (κ2) is 5.10. The van der Waals surface area contributed by atoms with Crippen molar-refractivity contribution in [2.24, 2.45) is 0 Å². The fraction of sp³-hybridized carbons (Fsp3) is 0.190. The Labute approximate surface area is 140 Å². The number of nitrogens with zero attached hydrogens (tertiary/aromatic N) is 1. The summed E-state index contributed by atoms with van der Waals surface area (Å²) in [4.78, 5) is 8.42. The van der Waals surface area contributed by atoms with Gasteiger partial charge in [-0.15, -0.1) is 0 Å². The van der Waals surface area contributed by atoms with Crippen LogP contribution in [0.2, 0.25) is 0 Å².